The van der Waals surface area contributed by atoms with Crippen LogP contribution in [0.2, 0.25) is 0 Å². The number of hydrogen-bond acceptors (Lipinski definition) is 2. The van der Waals surface area contributed by atoms with Crippen molar-refractivity contribution in [3.63, 3.8) is 0 Å². The maximum atomic E-state index is 12.6. The second-order valence-corrected chi connectivity index (χ2v) is 6.15. The van der Waals surface area contributed by atoms with Gasteiger partial charge in [0, 0.05) is 12.6 Å². The largest absolute Gasteiger partial charge is 0.338 e. The Balaban J connectivity index is 2.06. The fraction of sp³-hybridized carbons (Fsp3) is 0.933. The molecule has 0 aromatic rings. The van der Waals surface area contributed by atoms with E-state index >= 15 is 0 Å². The molecule has 0 aromatic heterocycles. The lowest BCUT2D eigenvalue weighted by Crippen LogP contribution is -2.48. The Kier molecular flexibility index (Phi) is 5.04. The number of hydrogen-bond donors (Lipinski definition) is 1. The maximum absolute atomic E-state index is 12.6. The van der Waals surface area contributed by atoms with Gasteiger partial charge < -0.3 is 10.2 Å². The summed E-state index contributed by atoms with van der Waals surface area (Å²) in [5, 5.41) is 3.22. The second kappa shape index (κ2) is 6.55. The first-order chi connectivity index (χ1) is 8.72. The number of likely N-dealkylation sites (N-methyl/N-ethyl adjacent to an activating group) is 1. The number of rotatable bonds is 2. The van der Waals surface area contributed by atoms with Gasteiger partial charge >= 0.3 is 0 Å². The summed E-state index contributed by atoms with van der Waals surface area (Å²) in [6, 6.07) is 0.562. The Morgan fingerprint density at radius 3 is 2.39 bits per heavy atom. The molecule has 2 rings (SSSR count). The topological polar surface area (TPSA) is 32.3 Å². The quantitative estimate of drug-likeness (QED) is 0.766. The summed E-state index contributed by atoms with van der Waals surface area (Å²) >= 11 is 0. The van der Waals surface area contributed by atoms with Crippen LogP contribution < -0.4 is 5.32 Å². The Hall–Kier alpha value is -0.570. The van der Waals surface area contributed by atoms with Gasteiger partial charge in [0.25, 0.3) is 0 Å². The number of likely N-dealkylation sites (tertiary alicyclic amines) is 1. The van der Waals surface area contributed by atoms with E-state index in [1.54, 1.807) is 0 Å². The van der Waals surface area contributed by atoms with Gasteiger partial charge in [0.1, 0.15) is 0 Å². The first kappa shape index (κ1) is 13.9. The lowest BCUT2D eigenvalue weighted by Gasteiger charge is -2.32. The molecule has 1 saturated heterocycles. The highest BCUT2D eigenvalue weighted by Gasteiger charge is 2.32. The lowest BCUT2D eigenvalue weighted by molar-refractivity contribution is -0.135. The summed E-state index contributed by atoms with van der Waals surface area (Å²) < 4.78 is 0. The molecular formula is C15H28N2O. The third-order valence-electron chi connectivity index (χ3n) is 4.70. The van der Waals surface area contributed by atoms with E-state index in [2.05, 4.69) is 17.1 Å². The molecule has 1 heterocycles. The average Bonchev–Trinajstić information content (AvgIpc) is 2.70. The van der Waals surface area contributed by atoms with Crippen LogP contribution in [0.25, 0.3) is 0 Å². The van der Waals surface area contributed by atoms with E-state index in [1.807, 2.05) is 7.05 Å². The molecule has 2 aliphatic rings. The molecule has 0 aromatic carbocycles. The minimum absolute atomic E-state index is 0.0470. The molecule has 1 N–H and O–H groups in total. The van der Waals surface area contributed by atoms with Crippen molar-refractivity contribution in [2.45, 2.75) is 70.4 Å². The van der Waals surface area contributed by atoms with Crippen LogP contribution in [-0.2, 0) is 4.79 Å². The molecule has 2 unspecified atom stereocenters. The molecule has 0 radical (unpaired) electrons. The van der Waals surface area contributed by atoms with E-state index in [1.165, 1.54) is 44.9 Å². The summed E-state index contributed by atoms with van der Waals surface area (Å²) in [5.41, 5.74) is 0. The summed E-state index contributed by atoms with van der Waals surface area (Å²) in [7, 11) is 1.92. The van der Waals surface area contributed by atoms with Crippen molar-refractivity contribution in [1.82, 2.24) is 10.2 Å². The third kappa shape index (κ3) is 3.25. The normalized spacial score (nSPS) is 32.1. The highest BCUT2D eigenvalue weighted by Crippen LogP contribution is 2.26. The summed E-state index contributed by atoms with van der Waals surface area (Å²) in [5.74, 6) is 1.01. The van der Waals surface area contributed by atoms with Gasteiger partial charge in [-0.15, -0.1) is 0 Å². The highest BCUT2D eigenvalue weighted by atomic mass is 16.2. The Bertz CT molecular complexity index is 272. The van der Waals surface area contributed by atoms with Crippen LogP contribution in [0.4, 0.5) is 0 Å². The molecule has 2 fully saturated rings. The monoisotopic (exact) mass is 252 g/mol. The fourth-order valence-electron chi connectivity index (χ4n) is 3.46. The number of carbonyl (C=O) groups is 1. The van der Waals surface area contributed by atoms with Crippen molar-refractivity contribution >= 4 is 5.91 Å². The molecule has 0 bridgehead atoms. The van der Waals surface area contributed by atoms with Crippen molar-refractivity contribution in [3.05, 3.63) is 0 Å². The second-order valence-electron chi connectivity index (χ2n) is 6.15. The van der Waals surface area contributed by atoms with Crippen molar-refractivity contribution in [1.29, 1.82) is 0 Å². The molecule has 1 saturated carbocycles. The van der Waals surface area contributed by atoms with E-state index in [0.29, 0.717) is 17.9 Å². The standard InChI is InChI=1S/C15H28N2O/c1-12-9-10-17(15(18)14(11-12)16-2)13-7-5-3-4-6-8-13/h12-14,16H,3-11H2,1-2H3. The number of amides is 1. The van der Waals surface area contributed by atoms with Gasteiger partial charge in [-0.2, -0.15) is 0 Å². The van der Waals surface area contributed by atoms with Crippen LogP contribution in [0.5, 0.6) is 0 Å². The average molecular weight is 252 g/mol. The minimum Gasteiger partial charge on any atom is -0.338 e. The van der Waals surface area contributed by atoms with Gasteiger partial charge in [0.15, 0.2) is 0 Å². The van der Waals surface area contributed by atoms with Crippen molar-refractivity contribution in [2.75, 3.05) is 13.6 Å². The van der Waals surface area contributed by atoms with Crippen LogP contribution in [0, 0.1) is 5.92 Å². The summed E-state index contributed by atoms with van der Waals surface area (Å²) in [6.07, 6.45) is 9.91. The lowest BCUT2D eigenvalue weighted by atomic mass is 10.0. The summed E-state index contributed by atoms with van der Waals surface area (Å²) in [4.78, 5) is 14.8. The van der Waals surface area contributed by atoms with Gasteiger partial charge in [-0.3, -0.25) is 4.79 Å². The molecule has 104 valence electrons. The van der Waals surface area contributed by atoms with Gasteiger partial charge in [-0.25, -0.2) is 0 Å². The molecule has 1 amide bonds. The molecule has 3 heteroatoms. The first-order valence-electron chi connectivity index (χ1n) is 7.70. The zero-order valence-electron chi connectivity index (χ0n) is 12.0. The van der Waals surface area contributed by atoms with E-state index in [0.717, 1.165) is 13.0 Å². The van der Waals surface area contributed by atoms with E-state index < -0.39 is 0 Å². The van der Waals surface area contributed by atoms with Gasteiger partial charge in [0.05, 0.1) is 6.04 Å². The SMILES string of the molecule is CNC1CC(C)CCN(C2CCCCCC2)C1=O. The Labute approximate surface area is 111 Å². The van der Waals surface area contributed by atoms with Gasteiger partial charge in [-0.05, 0) is 38.6 Å². The van der Waals surface area contributed by atoms with E-state index in [-0.39, 0.29) is 6.04 Å². The number of nitrogens with zero attached hydrogens (tertiary/aromatic N) is 1. The van der Waals surface area contributed by atoms with Gasteiger partial charge in [0.2, 0.25) is 5.91 Å². The van der Waals surface area contributed by atoms with E-state index in [4.69, 9.17) is 0 Å². The number of carbonyl (C=O) groups excluding carboxylic acids is 1. The third-order valence-corrected chi connectivity index (χ3v) is 4.70. The Morgan fingerprint density at radius 1 is 1.11 bits per heavy atom. The zero-order valence-corrected chi connectivity index (χ0v) is 12.0. The van der Waals surface area contributed by atoms with Crippen molar-refractivity contribution in [3.8, 4) is 0 Å². The smallest absolute Gasteiger partial charge is 0.239 e. The van der Waals surface area contributed by atoms with Gasteiger partial charge in [-0.1, -0.05) is 32.6 Å². The molecule has 1 aliphatic carbocycles. The van der Waals surface area contributed by atoms with Crippen LogP contribution in [0.3, 0.4) is 0 Å². The molecule has 18 heavy (non-hydrogen) atoms. The molecule has 3 nitrogen and oxygen atoms in total. The summed E-state index contributed by atoms with van der Waals surface area (Å²) in [6.45, 7) is 3.25. The maximum Gasteiger partial charge on any atom is 0.239 e. The van der Waals surface area contributed by atoms with Crippen molar-refractivity contribution < 1.29 is 4.79 Å². The van der Waals surface area contributed by atoms with Crippen LogP contribution in [0.1, 0.15) is 58.3 Å². The van der Waals surface area contributed by atoms with Crippen molar-refractivity contribution in [2.24, 2.45) is 5.92 Å². The van der Waals surface area contributed by atoms with E-state index in [9.17, 15) is 4.79 Å². The van der Waals surface area contributed by atoms with Crippen LogP contribution in [0.15, 0.2) is 0 Å². The molecule has 2 atom stereocenters. The van der Waals surface area contributed by atoms with Crippen LogP contribution in [-0.4, -0.2) is 36.5 Å². The predicted molar refractivity (Wildman–Crippen MR) is 74.4 cm³/mol. The number of nitrogens with one attached hydrogen (secondary N) is 1. The fourth-order valence-corrected chi connectivity index (χ4v) is 3.46. The molecular weight excluding hydrogens is 224 g/mol. The first-order valence-corrected chi connectivity index (χ1v) is 7.70. The zero-order chi connectivity index (χ0) is 13.0. The van der Waals surface area contributed by atoms with Crippen LogP contribution >= 0.6 is 0 Å². The minimum atomic E-state index is 0.0470. The molecule has 1 aliphatic heterocycles. The highest BCUT2D eigenvalue weighted by molar-refractivity contribution is 5.82. The Morgan fingerprint density at radius 2 is 1.78 bits per heavy atom. The predicted octanol–water partition coefficient (Wildman–Crippen LogP) is 2.56. The molecule has 0 spiro atoms.